The molecule has 13 heavy (non-hydrogen) atoms. The molecule has 5 heteroatoms. The molecule has 2 rings (SSSR count). The zero-order chi connectivity index (χ0) is 9.26. The van der Waals surface area contributed by atoms with Gasteiger partial charge in [0, 0.05) is 18.9 Å². The summed E-state index contributed by atoms with van der Waals surface area (Å²) in [6.07, 6.45) is 4.82. The number of carbonyl (C=O) groups excluding carboxylic acids is 1. The Bertz CT molecular complexity index is 365. The van der Waals surface area contributed by atoms with Crippen LogP contribution >= 0.6 is 0 Å². The minimum atomic E-state index is -0.326. The fraction of sp³-hybridized carbons (Fsp3) is 0.500. The van der Waals surface area contributed by atoms with Crippen LogP contribution in [0, 0.1) is 0 Å². The number of carbonyl (C=O) groups is 1. The second-order valence-corrected chi connectivity index (χ2v) is 3.12. The van der Waals surface area contributed by atoms with E-state index in [1.54, 1.807) is 12.4 Å². The van der Waals surface area contributed by atoms with Crippen molar-refractivity contribution in [1.29, 1.82) is 0 Å². The minimum absolute atomic E-state index is 0.0621. The van der Waals surface area contributed by atoms with Crippen LogP contribution in [0.3, 0.4) is 0 Å². The number of amides is 1. The lowest BCUT2D eigenvalue weighted by atomic mass is 10.1. The van der Waals surface area contributed by atoms with E-state index in [2.05, 4.69) is 10.3 Å². The Hall–Kier alpha value is -1.52. The van der Waals surface area contributed by atoms with Gasteiger partial charge in [0.25, 0.3) is 0 Å². The Balaban J connectivity index is 2.29. The summed E-state index contributed by atoms with van der Waals surface area (Å²) in [6, 6.07) is -0.326. The van der Waals surface area contributed by atoms with Crippen LogP contribution in [0.15, 0.2) is 17.2 Å². The summed E-state index contributed by atoms with van der Waals surface area (Å²) in [5.74, 6) is -0.0621. The van der Waals surface area contributed by atoms with Gasteiger partial charge in [-0.15, -0.1) is 0 Å². The van der Waals surface area contributed by atoms with Crippen LogP contribution < -0.4 is 11.0 Å². The number of imidazole rings is 1. The molecule has 0 aliphatic carbocycles. The number of aromatic nitrogens is 2. The first-order chi connectivity index (χ1) is 6.29. The van der Waals surface area contributed by atoms with Crippen LogP contribution in [0.1, 0.15) is 18.9 Å². The molecule has 1 aromatic heterocycles. The van der Waals surface area contributed by atoms with Crippen molar-refractivity contribution in [2.24, 2.45) is 0 Å². The molecule has 1 aliphatic heterocycles. The third-order valence-electron chi connectivity index (χ3n) is 2.27. The fourth-order valence-corrected chi connectivity index (χ4v) is 1.60. The molecule has 0 saturated carbocycles. The van der Waals surface area contributed by atoms with E-state index < -0.39 is 0 Å². The van der Waals surface area contributed by atoms with Gasteiger partial charge in [0.05, 0.1) is 0 Å². The third-order valence-corrected chi connectivity index (χ3v) is 2.27. The Morgan fingerprint density at radius 1 is 1.46 bits per heavy atom. The van der Waals surface area contributed by atoms with Crippen molar-refractivity contribution >= 4 is 5.91 Å². The summed E-state index contributed by atoms with van der Waals surface area (Å²) in [4.78, 5) is 25.1. The fourth-order valence-electron chi connectivity index (χ4n) is 1.60. The molecule has 1 fully saturated rings. The number of nitrogens with zero attached hydrogens (tertiary/aromatic N) is 1. The molecule has 2 N–H and O–H groups in total. The Morgan fingerprint density at radius 2 is 2.31 bits per heavy atom. The highest BCUT2D eigenvalue weighted by Gasteiger charge is 2.24. The summed E-state index contributed by atoms with van der Waals surface area (Å²) < 4.78 is 1.44. The van der Waals surface area contributed by atoms with Crippen molar-refractivity contribution in [2.45, 2.75) is 18.9 Å². The van der Waals surface area contributed by atoms with Crippen molar-refractivity contribution in [1.82, 2.24) is 14.9 Å². The molecular weight excluding hydrogens is 170 g/mol. The number of nitrogens with one attached hydrogen (secondary N) is 2. The van der Waals surface area contributed by atoms with Gasteiger partial charge in [-0.3, -0.25) is 9.36 Å². The van der Waals surface area contributed by atoms with Crippen molar-refractivity contribution in [3.05, 3.63) is 22.9 Å². The largest absolute Gasteiger partial charge is 0.354 e. The van der Waals surface area contributed by atoms with E-state index >= 15 is 0 Å². The monoisotopic (exact) mass is 181 g/mol. The van der Waals surface area contributed by atoms with Gasteiger partial charge < -0.3 is 10.3 Å². The predicted molar refractivity (Wildman–Crippen MR) is 46.3 cm³/mol. The van der Waals surface area contributed by atoms with E-state index in [-0.39, 0.29) is 17.6 Å². The van der Waals surface area contributed by atoms with E-state index in [4.69, 9.17) is 0 Å². The molecule has 1 atom stereocenters. The van der Waals surface area contributed by atoms with Crippen LogP contribution in [-0.2, 0) is 4.79 Å². The molecule has 1 unspecified atom stereocenters. The average molecular weight is 181 g/mol. The topological polar surface area (TPSA) is 66.9 Å². The average Bonchev–Trinajstić information content (AvgIpc) is 2.52. The zero-order valence-electron chi connectivity index (χ0n) is 7.12. The van der Waals surface area contributed by atoms with Gasteiger partial charge in [0.15, 0.2) is 0 Å². The standard InChI is InChI=1S/C8H11N3O2/c12-7-6(2-1-3-9-7)11-5-4-10-8(11)13/h4-6H,1-3H2,(H,9,12)(H,10,13). The second kappa shape index (κ2) is 3.08. The number of H-pyrrole nitrogens is 1. The number of hydrogen-bond donors (Lipinski definition) is 2. The maximum Gasteiger partial charge on any atom is 0.326 e. The Kier molecular flexibility index (Phi) is 1.92. The van der Waals surface area contributed by atoms with Gasteiger partial charge in [-0.05, 0) is 12.8 Å². The molecule has 1 saturated heterocycles. The SMILES string of the molecule is O=C1NCCCC1n1cc[nH]c1=O. The van der Waals surface area contributed by atoms with E-state index in [1.807, 2.05) is 0 Å². The summed E-state index contributed by atoms with van der Waals surface area (Å²) in [5, 5.41) is 2.74. The molecule has 1 amide bonds. The van der Waals surface area contributed by atoms with Crippen molar-refractivity contribution in [2.75, 3.05) is 6.54 Å². The maximum atomic E-state index is 11.4. The Labute approximate surface area is 74.8 Å². The lowest BCUT2D eigenvalue weighted by Gasteiger charge is -2.21. The molecule has 5 nitrogen and oxygen atoms in total. The highest BCUT2D eigenvalue weighted by molar-refractivity contribution is 5.80. The third kappa shape index (κ3) is 1.37. The summed E-state index contributed by atoms with van der Waals surface area (Å²) in [5.41, 5.74) is -0.220. The van der Waals surface area contributed by atoms with Gasteiger partial charge in [-0.25, -0.2) is 4.79 Å². The first kappa shape index (κ1) is 8.10. The molecule has 0 aromatic carbocycles. The molecule has 1 aliphatic rings. The number of aromatic amines is 1. The van der Waals surface area contributed by atoms with Crippen LogP contribution in [0.5, 0.6) is 0 Å². The predicted octanol–water partition coefficient (Wildman–Crippen LogP) is -0.373. The van der Waals surface area contributed by atoms with Crippen LogP contribution in [0.4, 0.5) is 0 Å². The molecule has 0 radical (unpaired) electrons. The minimum Gasteiger partial charge on any atom is -0.354 e. The van der Waals surface area contributed by atoms with Crippen LogP contribution in [0.2, 0.25) is 0 Å². The number of piperidine rings is 1. The van der Waals surface area contributed by atoms with Gasteiger partial charge in [-0.1, -0.05) is 0 Å². The molecule has 1 aromatic rings. The van der Waals surface area contributed by atoms with Crippen LogP contribution in [-0.4, -0.2) is 22.0 Å². The molecule has 0 bridgehead atoms. The smallest absolute Gasteiger partial charge is 0.326 e. The van der Waals surface area contributed by atoms with E-state index in [9.17, 15) is 9.59 Å². The zero-order valence-corrected chi connectivity index (χ0v) is 7.12. The maximum absolute atomic E-state index is 11.4. The van der Waals surface area contributed by atoms with Gasteiger partial charge in [0.2, 0.25) is 5.91 Å². The summed E-state index contributed by atoms with van der Waals surface area (Å²) >= 11 is 0. The van der Waals surface area contributed by atoms with Crippen molar-refractivity contribution < 1.29 is 4.79 Å². The quantitative estimate of drug-likeness (QED) is 0.620. The number of hydrogen-bond acceptors (Lipinski definition) is 2. The Morgan fingerprint density at radius 3 is 2.92 bits per heavy atom. The first-order valence-corrected chi connectivity index (χ1v) is 4.32. The summed E-state index contributed by atoms with van der Waals surface area (Å²) in [6.45, 7) is 0.717. The normalized spacial score (nSPS) is 22.8. The van der Waals surface area contributed by atoms with E-state index in [1.165, 1.54) is 4.57 Å². The molecule has 2 heterocycles. The van der Waals surface area contributed by atoms with Gasteiger partial charge in [0.1, 0.15) is 6.04 Å². The van der Waals surface area contributed by atoms with E-state index in [0.29, 0.717) is 6.54 Å². The summed E-state index contributed by atoms with van der Waals surface area (Å²) in [7, 11) is 0. The van der Waals surface area contributed by atoms with Crippen LogP contribution in [0.25, 0.3) is 0 Å². The van der Waals surface area contributed by atoms with Gasteiger partial charge in [-0.2, -0.15) is 0 Å². The lowest BCUT2D eigenvalue weighted by Crippen LogP contribution is -2.40. The lowest BCUT2D eigenvalue weighted by molar-refractivity contribution is -0.125. The van der Waals surface area contributed by atoms with E-state index in [0.717, 1.165) is 12.8 Å². The number of rotatable bonds is 1. The highest BCUT2D eigenvalue weighted by atomic mass is 16.2. The molecule has 70 valence electrons. The first-order valence-electron chi connectivity index (χ1n) is 4.32. The van der Waals surface area contributed by atoms with Gasteiger partial charge >= 0.3 is 5.69 Å². The highest BCUT2D eigenvalue weighted by Crippen LogP contribution is 2.14. The molecule has 0 spiro atoms. The second-order valence-electron chi connectivity index (χ2n) is 3.12. The molecular formula is C8H11N3O2. The van der Waals surface area contributed by atoms with Crippen molar-refractivity contribution in [3.8, 4) is 0 Å². The van der Waals surface area contributed by atoms with Crippen molar-refractivity contribution in [3.63, 3.8) is 0 Å².